The zero-order chi connectivity index (χ0) is 9.19. The minimum atomic E-state index is -0.242. The third-order valence-electron chi connectivity index (χ3n) is 3.24. The molecule has 1 rings (SSSR count). The summed E-state index contributed by atoms with van der Waals surface area (Å²) >= 11 is 0. The highest BCUT2D eigenvalue weighted by Gasteiger charge is 2.36. The summed E-state index contributed by atoms with van der Waals surface area (Å²) in [7, 11) is 0. The van der Waals surface area contributed by atoms with Crippen molar-refractivity contribution < 1.29 is 5.11 Å². The van der Waals surface area contributed by atoms with Crippen molar-refractivity contribution in [3.8, 4) is 0 Å². The van der Waals surface area contributed by atoms with Crippen LogP contribution in [0.2, 0.25) is 0 Å². The van der Waals surface area contributed by atoms with Crippen LogP contribution in [0.1, 0.15) is 46.5 Å². The molecule has 1 fully saturated rings. The van der Waals surface area contributed by atoms with Gasteiger partial charge in [0, 0.05) is 11.6 Å². The van der Waals surface area contributed by atoms with Gasteiger partial charge in [-0.05, 0) is 39.5 Å². The van der Waals surface area contributed by atoms with Crippen molar-refractivity contribution in [1.82, 2.24) is 5.32 Å². The largest absolute Gasteiger partial charge is 0.392 e. The van der Waals surface area contributed by atoms with Crippen molar-refractivity contribution >= 4 is 0 Å². The highest BCUT2D eigenvalue weighted by Crippen LogP contribution is 2.35. The van der Waals surface area contributed by atoms with Crippen LogP contribution in [0.25, 0.3) is 0 Å². The summed E-state index contributed by atoms with van der Waals surface area (Å²) < 4.78 is 0. The van der Waals surface area contributed by atoms with Gasteiger partial charge in [-0.1, -0.05) is 6.92 Å². The normalized spacial score (nSPS) is 26.0. The van der Waals surface area contributed by atoms with E-state index in [2.05, 4.69) is 19.2 Å². The zero-order valence-corrected chi connectivity index (χ0v) is 8.43. The summed E-state index contributed by atoms with van der Waals surface area (Å²) in [6.07, 6.45) is 4.84. The third kappa shape index (κ3) is 1.99. The SMILES string of the molecule is CCC1(NC(C)C(C)O)CCC1. The molecule has 2 atom stereocenters. The molecule has 2 heteroatoms. The summed E-state index contributed by atoms with van der Waals surface area (Å²) in [6, 6.07) is 0.227. The van der Waals surface area contributed by atoms with E-state index in [1.54, 1.807) is 0 Å². The first kappa shape index (κ1) is 10.0. The summed E-state index contributed by atoms with van der Waals surface area (Å²) in [5, 5.41) is 12.9. The lowest BCUT2D eigenvalue weighted by Crippen LogP contribution is -2.56. The number of aliphatic hydroxyl groups excluding tert-OH is 1. The Kier molecular flexibility index (Phi) is 3.13. The Balaban J connectivity index is 2.37. The highest BCUT2D eigenvalue weighted by atomic mass is 16.3. The van der Waals surface area contributed by atoms with E-state index in [-0.39, 0.29) is 12.1 Å². The van der Waals surface area contributed by atoms with E-state index >= 15 is 0 Å². The maximum atomic E-state index is 9.34. The Hall–Kier alpha value is -0.0800. The number of nitrogens with one attached hydrogen (secondary N) is 1. The van der Waals surface area contributed by atoms with Gasteiger partial charge in [0.1, 0.15) is 0 Å². The van der Waals surface area contributed by atoms with Crippen LogP contribution in [0.4, 0.5) is 0 Å². The molecule has 0 aliphatic heterocycles. The topological polar surface area (TPSA) is 32.3 Å². The van der Waals surface area contributed by atoms with Gasteiger partial charge < -0.3 is 10.4 Å². The zero-order valence-electron chi connectivity index (χ0n) is 8.43. The second-order valence-corrected chi connectivity index (χ2v) is 4.16. The first-order valence-corrected chi connectivity index (χ1v) is 5.05. The molecule has 1 saturated carbocycles. The lowest BCUT2D eigenvalue weighted by molar-refractivity contribution is 0.0921. The van der Waals surface area contributed by atoms with Crippen LogP contribution in [0.15, 0.2) is 0 Å². The average Bonchev–Trinajstić information content (AvgIpc) is 1.96. The van der Waals surface area contributed by atoms with E-state index < -0.39 is 0 Å². The molecule has 1 aliphatic rings. The minimum Gasteiger partial charge on any atom is -0.392 e. The fourth-order valence-corrected chi connectivity index (χ4v) is 1.81. The smallest absolute Gasteiger partial charge is 0.0662 e. The molecule has 72 valence electrons. The van der Waals surface area contributed by atoms with Crippen molar-refractivity contribution in [3.05, 3.63) is 0 Å². The standard InChI is InChI=1S/C10H21NO/c1-4-10(6-5-7-10)11-8(2)9(3)12/h8-9,11-12H,4-7H2,1-3H3. The lowest BCUT2D eigenvalue weighted by atomic mass is 9.74. The molecule has 0 heterocycles. The van der Waals surface area contributed by atoms with Crippen LogP contribution in [-0.2, 0) is 0 Å². The van der Waals surface area contributed by atoms with Gasteiger partial charge >= 0.3 is 0 Å². The Bertz CT molecular complexity index is 135. The molecule has 2 nitrogen and oxygen atoms in total. The van der Waals surface area contributed by atoms with E-state index in [4.69, 9.17) is 0 Å². The van der Waals surface area contributed by atoms with Crippen LogP contribution in [0, 0.1) is 0 Å². The number of hydrogen-bond acceptors (Lipinski definition) is 2. The Morgan fingerprint density at radius 1 is 1.42 bits per heavy atom. The van der Waals surface area contributed by atoms with E-state index in [0.29, 0.717) is 5.54 Å². The quantitative estimate of drug-likeness (QED) is 0.674. The summed E-state index contributed by atoms with van der Waals surface area (Å²) in [5.41, 5.74) is 0.358. The number of hydrogen-bond donors (Lipinski definition) is 2. The first-order chi connectivity index (χ1) is 5.59. The van der Waals surface area contributed by atoms with Gasteiger partial charge in [0.2, 0.25) is 0 Å². The van der Waals surface area contributed by atoms with Crippen molar-refractivity contribution in [1.29, 1.82) is 0 Å². The first-order valence-electron chi connectivity index (χ1n) is 5.05. The van der Waals surface area contributed by atoms with Crippen LogP contribution in [0.5, 0.6) is 0 Å². The molecular weight excluding hydrogens is 150 g/mol. The van der Waals surface area contributed by atoms with Gasteiger partial charge in [0.05, 0.1) is 6.10 Å². The third-order valence-corrected chi connectivity index (χ3v) is 3.24. The van der Waals surface area contributed by atoms with Gasteiger partial charge in [-0.3, -0.25) is 0 Å². The molecule has 0 aromatic rings. The van der Waals surface area contributed by atoms with Gasteiger partial charge in [0.25, 0.3) is 0 Å². The Morgan fingerprint density at radius 2 is 2.00 bits per heavy atom. The van der Waals surface area contributed by atoms with Gasteiger partial charge in [0.15, 0.2) is 0 Å². The average molecular weight is 171 g/mol. The monoisotopic (exact) mass is 171 g/mol. The second-order valence-electron chi connectivity index (χ2n) is 4.16. The maximum Gasteiger partial charge on any atom is 0.0662 e. The molecular formula is C10H21NO. The van der Waals surface area contributed by atoms with Crippen molar-refractivity contribution in [2.75, 3.05) is 0 Å². The number of rotatable bonds is 4. The second kappa shape index (κ2) is 3.75. The van der Waals surface area contributed by atoms with E-state index in [0.717, 1.165) is 0 Å². The minimum absolute atomic E-state index is 0.227. The number of aliphatic hydroxyl groups is 1. The van der Waals surface area contributed by atoms with Crippen molar-refractivity contribution in [2.45, 2.75) is 64.1 Å². The molecule has 1 aliphatic carbocycles. The van der Waals surface area contributed by atoms with E-state index in [1.165, 1.54) is 25.7 Å². The maximum absolute atomic E-state index is 9.34. The molecule has 0 bridgehead atoms. The molecule has 2 unspecified atom stereocenters. The van der Waals surface area contributed by atoms with Crippen LogP contribution < -0.4 is 5.32 Å². The van der Waals surface area contributed by atoms with Gasteiger partial charge in [-0.2, -0.15) is 0 Å². The van der Waals surface area contributed by atoms with Crippen LogP contribution >= 0.6 is 0 Å². The van der Waals surface area contributed by atoms with Crippen molar-refractivity contribution in [3.63, 3.8) is 0 Å². The fraction of sp³-hybridized carbons (Fsp3) is 1.00. The molecule has 12 heavy (non-hydrogen) atoms. The van der Waals surface area contributed by atoms with Gasteiger partial charge in [-0.15, -0.1) is 0 Å². The molecule has 2 N–H and O–H groups in total. The van der Waals surface area contributed by atoms with Crippen molar-refractivity contribution in [2.24, 2.45) is 0 Å². The predicted octanol–water partition coefficient (Wildman–Crippen LogP) is 1.68. The molecule has 0 radical (unpaired) electrons. The molecule has 0 saturated heterocycles. The van der Waals surface area contributed by atoms with E-state index in [1.807, 2.05) is 6.92 Å². The van der Waals surface area contributed by atoms with Crippen LogP contribution in [0.3, 0.4) is 0 Å². The summed E-state index contributed by atoms with van der Waals surface area (Å²) in [5.74, 6) is 0. The molecule has 0 aromatic carbocycles. The highest BCUT2D eigenvalue weighted by molar-refractivity contribution is 4.96. The fourth-order valence-electron chi connectivity index (χ4n) is 1.81. The summed E-state index contributed by atoms with van der Waals surface area (Å²) in [6.45, 7) is 6.13. The predicted molar refractivity (Wildman–Crippen MR) is 51.2 cm³/mol. The molecule has 0 amide bonds. The lowest BCUT2D eigenvalue weighted by Gasteiger charge is -2.44. The molecule has 0 spiro atoms. The summed E-state index contributed by atoms with van der Waals surface area (Å²) in [4.78, 5) is 0. The Morgan fingerprint density at radius 3 is 2.25 bits per heavy atom. The van der Waals surface area contributed by atoms with E-state index in [9.17, 15) is 5.11 Å². The Labute approximate surface area is 75.4 Å². The van der Waals surface area contributed by atoms with Gasteiger partial charge in [-0.25, -0.2) is 0 Å². The molecule has 0 aromatic heterocycles. The van der Waals surface area contributed by atoms with Crippen LogP contribution in [-0.4, -0.2) is 22.8 Å².